The van der Waals surface area contributed by atoms with Crippen LogP contribution in [-0.4, -0.2) is 57.3 Å². The number of unbranched alkanes of at least 4 members (excludes halogenated alkanes) is 52. The van der Waals surface area contributed by atoms with Crippen LogP contribution in [0.2, 0.25) is 0 Å². The van der Waals surface area contributed by atoms with Gasteiger partial charge in [-0.2, -0.15) is 0 Å². The van der Waals surface area contributed by atoms with E-state index in [0.29, 0.717) is 19.3 Å². The molecule has 0 fully saturated rings. The average Bonchev–Trinajstić information content (AvgIpc) is 3.42. The number of rotatable bonds is 65. The van der Waals surface area contributed by atoms with Crippen LogP contribution in [0.1, 0.15) is 386 Å². The van der Waals surface area contributed by atoms with Crippen molar-refractivity contribution in [3.8, 4) is 0 Å². The van der Waals surface area contributed by atoms with E-state index in [1.807, 2.05) is 0 Å². The van der Waals surface area contributed by atoms with Gasteiger partial charge in [0.1, 0.15) is 12.2 Å². The third-order valence-electron chi connectivity index (χ3n) is 16.6. The predicted octanol–water partition coefficient (Wildman–Crippen LogP) is 21.3. The summed E-state index contributed by atoms with van der Waals surface area (Å²) in [5.41, 5.74) is 0. The Morgan fingerprint density at radius 3 is 0.829 bits per heavy atom. The fraction of sp³-hybridized carbons (Fsp3) is 0.929. The Labute approximate surface area is 475 Å². The minimum atomic E-state index is -1.29. The summed E-state index contributed by atoms with van der Waals surface area (Å²) >= 11 is 0. The van der Waals surface area contributed by atoms with Crippen LogP contribution >= 0.6 is 0 Å². The molecule has 0 heterocycles. The quantitative estimate of drug-likeness (QED) is 0.0308. The van der Waals surface area contributed by atoms with Crippen molar-refractivity contribution in [2.75, 3.05) is 6.61 Å². The molecular weight excluding hydrogens is 935 g/mol. The minimum Gasteiger partial charge on any atom is -0.394 e. The van der Waals surface area contributed by atoms with Crippen LogP contribution in [-0.2, 0) is 4.79 Å². The molecule has 0 aromatic carbocycles. The molecule has 0 aliphatic heterocycles. The molecule has 76 heavy (non-hydrogen) atoms. The van der Waals surface area contributed by atoms with Crippen molar-refractivity contribution < 1.29 is 25.2 Å². The van der Waals surface area contributed by atoms with Crippen molar-refractivity contribution in [3.63, 3.8) is 0 Å². The molecule has 0 saturated heterocycles. The molecule has 6 heteroatoms. The third-order valence-corrected chi connectivity index (χ3v) is 16.6. The van der Waals surface area contributed by atoms with E-state index in [0.717, 1.165) is 38.5 Å². The summed E-state index contributed by atoms with van der Waals surface area (Å²) in [6, 6.07) is -1.01. The molecule has 1 amide bonds. The second-order valence-corrected chi connectivity index (χ2v) is 24.2. The minimum absolute atomic E-state index is 0.365. The normalized spacial score (nSPS) is 13.6. The lowest BCUT2D eigenvalue weighted by molar-refractivity contribution is -0.132. The lowest BCUT2D eigenvalue weighted by Crippen LogP contribution is -2.53. The molecule has 0 bridgehead atoms. The summed E-state index contributed by atoms with van der Waals surface area (Å²) in [6.45, 7) is 4.09. The maximum Gasteiger partial charge on any atom is 0.249 e. The van der Waals surface area contributed by atoms with Gasteiger partial charge in [0.25, 0.3) is 0 Å². The highest BCUT2D eigenvalue weighted by Gasteiger charge is 2.28. The van der Waals surface area contributed by atoms with Crippen molar-refractivity contribution in [2.45, 2.75) is 411 Å². The van der Waals surface area contributed by atoms with Gasteiger partial charge < -0.3 is 25.7 Å². The zero-order chi connectivity index (χ0) is 55.1. The van der Waals surface area contributed by atoms with Crippen molar-refractivity contribution in [1.29, 1.82) is 0 Å². The Kier molecular flexibility index (Phi) is 63.6. The van der Waals surface area contributed by atoms with Gasteiger partial charge in [-0.25, -0.2) is 0 Å². The Hall–Kier alpha value is -1.21. The molecule has 0 saturated carbocycles. The molecule has 0 radical (unpaired) electrons. The first-order chi connectivity index (χ1) is 37.5. The molecule has 0 rings (SSSR count). The topological polar surface area (TPSA) is 110 Å². The van der Waals surface area contributed by atoms with E-state index < -0.39 is 36.9 Å². The van der Waals surface area contributed by atoms with Gasteiger partial charge in [-0.05, 0) is 51.4 Å². The van der Waals surface area contributed by atoms with E-state index >= 15 is 0 Å². The largest absolute Gasteiger partial charge is 0.394 e. The lowest BCUT2D eigenvalue weighted by atomic mass is 10.00. The SMILES string of the molecule is CCCCCCCCCCCCCCCCC/C=C/CC/C=C/CCCC(O)C(O)C(CO)NC(=O)C(O)CCCCCCCCCCCCCCCCCCCCCCCCCCCCCCCCCCCCCC. The monoisotopic (exact) mass is 1070 g/mol. The summed E-state index contributed by atoms with van der Waals surface area (Å²) in [6.07, 6.45) is 81.7. The van der Waals surface area contributed by atoms with Gasteiger partial charge in [0.2, 0.25) is 5.91 Å². The zero-order valence-corrected chi connectivity index (χ0v) is 51.5. The highest BCUT2D eigenvalue weighted by atomic mass is 16.3. The molecule has 6 nitrogen and oxygen atoms in total. The summed E-state index contributed by atoms with van der Waals surface area (Å²) < 4.78 is 0. The summed E-state index contributed by atoms with van der Waals surface area (Å²) in [5, 5.41) is 44.1. The van der Waals surface area contributed by atoms with E-state index in [4.69, 9.17) is 0 Å². The second kappa shape index (κ2) is 64.6. The molecule has 4 unspecified atom stereocenters. The molecule has 0 aromatic rings. The van der Waals surface area contributed by atoms with Crippen LogP contribution in [0.15, 0.2) is 24.3 Å². The molecule has 5 N–H and O–H groups in total. The Bertz CT molecular complexity index is 1160. The maximum absolute atomic E-state index is 12.6. The van der Waals surface area contributed by atoms with Gasteiger partial charge in [-0.1, -0.05) is 359 Å². The van der Waals surface area contributed by atoms with E-state index in [1.54, 1.807) is 0 Å². The zero-order valence-electron chi connectivity index (χ0n) is 51.5. The summed E-state index contributed by atoms with van der Waals surface area (Å²) in [4.78, 5) is 12.6. The first-order valence-corrected chi connectivity index (χ1v) is 34.7. The number of hydrogen-bond acceptors (Lipinski definition) is 5. The molecular formula is C70H137NO5. The molecule has 0 aromatic heterocycles. The van der Waals surface area contributed by atoms with E-state index in [2.05, 4.69) is 43.5 Å². The van der Waals surface area contributed by atoms with Crippen LogP contribution in [0.3, 0.4) is 0 Å². The van der Waals surface area contributed by atoms with Gasteiger partial charge in [0.15, 0.2) is 0 Å². The van der Waals surface area contributed by atoms with Gasteiger partial charge in [-0.15, -0.1) is 0 Å². The summed E-state index contributed by atoms with van der Waals surface area (Å²) in [7, 11) is 0. The molecule has 4 atom stereocenters. The van der Waals surface area contributed by atoms with Crippen LogP contribution in [0.25, 0.3) is 0 Å². The third kappa shape index (κ3) is 57.5. The second-order valence-electron chi connectivity index (χ2n) is 24.2. The number of hydrogen-bond donors (Lipinski definition) is 5. The van der Waals surface area contributed by atoms with Crippen LogP contribution in [0, 0.1) is 0 Å². The van der Waals surface area contributed by atoms with Crippen LogP contribution < -0.4 is 5.32 Å². The number of nitrogens with one attached hydrogen (secondary N) is 1. The standard InChI is InChI=1S/C70H137NO5/c1-3-5-7-9-11-13-15-17-19-21-23-25-27-29-30-31-32-33-34-35-36-37-38-39-40-42-44-46-48-50-52-54-56-58-60-62-64-68(74)70(76)71-66(65-72)69(75)67(73)63-61-59-57-55-53-51-49-47-45-43-41-28-26-24-22-20-18-16-14-12-10-8-6-4-2/h47,49,55,57,66-69,72-75H,3-46,48,50-54,56,58-65H2,1-2H3,(H,71,76)/b49-47+,57-55+. The number of carbonyl (C=O) groups excluding carboxylic acids is 1. The number of carbonyl (C=O) groups is 1. The van der Waals surface area contributed by atoms with E-state index in [1.165, 1.54) is 315 Å². The maximum atomic E-state index is 12.6. The van der Waals surface area contributed by atoms with Gasteiger partial charge in [0.05, 0.1) is 18.8 Å². The lowest BCUT2D eigenvalue weighted by Gasteiger charge is -2.27. The number of aliphatic hydroxyl groups is 4. The molecule has 0 aliphatic rings. The first-order valence-electron chi connectivity index (χ1n) is 34.7. The van der Waals surface area contributed by atoms with Crippen molar-refractivity contribution in [2.24, 2.45) is 0 Å². The fourth-order valence-electron chi connectivity index (χ4n) is 11.3. The predicted molar refractivity (Wildman–Crippen MR) is 334 cm³/mol. The van der Waals surface area contributed by atoms with E-state index in [9.17, 15) is 25.2 Å². The molecule has 0 spiro atoms. The molecule has 452 valence electrons. The van der Waals surface area contributed by atoms with E-state index in [-0.39, 0.29) is 0 Å². The first kappa shape index (κ1) is 74.8. The van der Waals surface area contributed by atoms with Gasteiger partial charge in [0, 0.05) is 0 Å². The Morgan fingerprint density at radius 1 is 0.316 bits per heavy atom. The number of amides is 1. The highest BCUT2D eigenvalue weighted by Crippen LogP contribution is 2.19. The van der Waals surface area contributed by atoms with Crippen molar-refractivity contribution >= 4 is 5.91 Å². The van der Waals surface area contributed by atoms with Crippen molar-refractivity contribution in [1.82, 2.24) is 5.32 Å². The summed E-state index contributed by atoms with van der Waals surface area (Å²) in [5.74, 6) is -0.589. The number of aliphatic hydroxyl groups excluding tert-OH is 4. The Balaban J connectivity index is 3.54. The van der Waals surface area contributed by atoms with Gasteiger partial charge >= 0.3 is 0 Å². The molecule has 0 aliphatic carbocycles. The number of allylic oxidation sites excluding steroid dienone is 4. The highest BCUT2D eigenvalue weighted by molar-refractivity contribution is 5.80. The average molecular weight is 1070 g/mol. The Morgan fingerprint density at radius 2 is 0.553 bits per heavy atom. The van der Waals surface area contributed by atoms with Crippen molar-refractivity contribution in [3.05, 3.63) is 24.3 Å². The van der Waals surface area contributed by atoms with Gasteiger partial charge in [-0.3, -0.25) is 4.79 Å². The smallest absolute Gasteiger partial charge is 0.249 e. The fourth-order valence-corrected chi connectivity index (χ4v) is 11.3. The van der Waals surface area contributed by atoms with Crippen LogP contribution in [0.4, 0.5) is 0 Å². The van der Waals surface area contributed by atoms with Crippen LogP contribution in [0.5, 0.6) is 0 Å².